The van der Waals surface area contributed by atoms with Crippen LogP contribution in [0.1, 0.15) is 50.9 Å². The van der Waals surface area contributed by atoms with E-state index in [1.807, 2.05) is 0 Å². The molecule has 0 radical (unpaired) electrons. The smallest absolute Gasteiger partial charge is 0.334 e. The third-order valence-corrected chi connectivity index (χ3v) is 5.48. The molecule has 1 aromatic carbocycles. The lowest BCUT2D eigenvalue weighted by Gasteiger charge is -2.36. The number of benzene rings is 1. The average Bonchev–Trinajstić information content (AvgIpc) is 3.12. The third-order valence-electron chi connectivity index (χ3n) is 5.48. The summed E-state index contributed by atoms with van der Waals surface area (Å²) in [6.07, 6.45) is 0.841. The number of likely N-dealkylation sites (tertiary alicyclic amines) is 1. The molecule has 148 valence electrons. The van der Waals surface area contributed by atoms with E-state index < -0.39 is 11.7 Å². The molecule has 3 rings (SSSR count). The molecular formula is C20H26F3N3O. The van der Waals surface area contributed by atoms with E-state index >= 15 is 0 Å². The Morgan fingerprint density at radius 2 is 1.89 bits per heavy atom. The van der Waals surface area contributed by atoms with Gasteiger partial charge in [0.2, 0.25) is 0 Å². The van der Waals surface area contributed by atoms with Gasteiger partial charge in [-0.25, -0.2) is 0 Å². The molecule has 0 saturated carbocycles. The van der Waals surface area contributed by atoms with Gasteiger partial charge in [0.1, 0.15) is 0 Å². The molecule has 0 spiro atoms. The van der Waals surface area contributed by atoms with Crippen LogP contribution in [0.2, 0.25) is 0 Å². The average molecular weight is 381 g/mol. The van der Waals surface area contributed by atoms with E-state index in [1.54, 1.807) is 6.07 Å². The van der Waals surface area contributed by atoms with Crippen LogP contribution in [0, 0.1) is 5.92 Å². The molecule has 1 aliphatic rings. The van der Waals surface area contributed by atoms with Crippen LogP contribution in [0.15, 0.2) is 28.8 Å². The lowest BCUT2D eigenvalue weighted by molar-refractivity contribution is -0.137. The van der Waals surface area contributed by atoms with Gasteiger partial charge in [0.05, 0.1) is 5.56 Å². The SMILES string of the molecule is CCC(CC)N1CCC(Cc2noc(-c3cccc(C(F)(F)F)c3)n2)CC1. The van der Waals surface area contributed by atoms with E-state index in [-0.39, 0.29) is 5.89 Å². The molecule has 0 N–H and O–H groups in total. The Balaban J connectivity index is 1.61. The first-order valence-corrected chi connectivity index (χ1v) is 9.65. The van der Waals surface area contributed by atoms with Crippen molar-refractivity contribution in [3.63, 3.8) is 0 Å². The zero-order chi connectivity index (χ0) is 19.4. The summed E-state index contributed by atoms with van der Waals surface area (Å²) in [5.41, 5.74) is -0.416. The van der Waals surface area contributed by atoms with Crippen LogP contribution in [0.5, 0.6) is 0 Å². The minimum Gasteiger partial charge on any atom is -0.334 e. The van der Waals surface area contributed by atoms with Crippen molar-refractivity contribution in [1.29, 1.82) is 0 Å². The van der Waals surface area contributed by atoms with Crippen LogP contribution in [0.3, 0.4) is 0 Å². The van der Waals surface area contributed by atoms with Gasteiger partial charge < -0.3 is 9.42 Å². The Hall–Kier alpha value is -1.89. The number of alkyl halides is 3. The highest BCUT2D eigenvalue weighted by Gasteiger charge is 2.31. The molecule has 7 heteroatoms. The Labute approximate surface area is 157 Å². The first-order valence-electron chi connectivity index (χ1n) is 9.65. The summed E-state index contributed by atoms with van der Waals surface area (Å²) in [6.45, 7) is 6.62. The van der Waals surface area contributed by atoms with Crippen molar-refractivity contribution in [1.82, 2.24) is 15.0 Å². The lowest BCUT2D eigenvalue weighted by Crippen LogP contribution is -2.41. The zero-order valence-electron chi connectivity index (χ0n) is 15.8. The van der Waals surface area contributed by atoms with Crippen molar-refractivity contribution in [2.45, 2.75) is 58.2 Å². The van der Waals surface area contributed by atoms with Crippen LogP contribution in [-0.4, -0.2) is 34.2 Å². The van der Waals surface area contributed by atoms with Gasteiger partial charge in [-0.15, -0.1) is 0 Å². The molecule has 0 atom stereocenters. The maximum Gasteiger partial charge on any atom is 0.416 e. The normalized spacial score (nSPS) is 17.0. The molecule has 1 saturated heterocycles. The first-order chi connectivity index (χ1) is 12.9. The molecule has 0 amide bonds. The van der Waals surface area contributed by atoms with E-state index in [0.717, 1.165) is 38.1 Å². The minimum atomic E-state index is -4.39. The molecule has 1 aromatic heterocycles. The summed E-state index contributed by atoms with van der Waals surface area (Å²) in [5.74, 6) is 1.21. The fraction of sp³-hybridized carbons (Fsp3) is 0.600. The Bertz CT molecular complexity index is 732. The molecule has 0 unspecified atom stereocenters. The van der Waals surface area contributed by atoms with Crippen molar-refractivity contribution in [2.75, 3.05) is 13.1 Å². The van der Waals surface area contributed by atoms with Gasteiger partial charge in [0.15, 0.2) is 5.82 Å². The quantitative estimate of drug-likeness (QED) is 0.690. The number of aromatic nitrogens is 2. The van der Waals surface area contributed by atoms with Crippen molar-refractivity contribution in [3.05, 3.63) is 35.7 Å². The van der Waals surface area contributed by atoms with E-state index in [1.165, 1.54) is 18.9 Å². The van der Waals surface area contributed by atoms with Gasteiger partial charge in [0.25, 0.3) is 5.89 Å². The number of hydrogen-bond acceptors (Lipinski definition) is 4. The molecule has 0 aliphatic carbocycles. The van der Waals surface area contributed by atoms with Gasteiger partial charge in [0, 0.05) is 18.0 Å². The van der Waals surface area contributed by atoms with E-state index in [0.29, 0.717) is 29.8 Å². The monoisotopic (exact) mass is 381 g/mol. The predicted octanol–water partition coefficient (Wildman–Crippen LogP) is 5.20. The summed E-state index contributed by atoms with van der Waals surface area (Å²) in [5, 5.41) is 3.98. The minimum absolute atomic E-state index is 0.144. The van der Waals surface area contributed by atoms with Crippen molar-refractivity contribution >= 4 is 0 Å². The van der Waals surface area contributed by atoms with Gasteiger partial charge in [-0.05, 0) is 62.9 Å². The Morgan fingerprint density at radius 1 is 1.19 bits per heavy atom. The van der Waals surface area contributed by atoms with Gasteiger partial charge in [-0.2, -0.15) is 18.2 Å². The van der Waals surface area contributed by atoms with Crippen molar-refractivity contribution in [2.24, 2.45) is 5.92 Å². The zero-order valence-corrected chi connectivity index (χ0v) is 15.8. The molecule has 27 heavy (non-hydrogen) atoms. The van der Waals surface area contributed by atoms with E-state index in [4.69, 9.17) is 4.52 Å². The molecule has 2 aromatic rings. The number of halogens is 3. The fourth-order valence-corrected chi connectivity index (χ4v) is 3.87. The van der Waals surface area contributed by atoms with Crippen LogP contribution < -0.4 is 0 Å². The molecule has 4 nitrogen and oxygen atoms in total. The molecule has 1 fully saturated rings. The fourth-order valence-electron chi connectivity index (χ4n) is 3.87. The van der Waals surface area contributed by atoms with Crippen LogP contribution in [-0.2, 0) is 12.6 Å². The summed E-state index contributed by atoms with van der Waals surface area (Å²) in [4.78, 5) is 6.88. The largest absolute Gasteiger partial charge is 0.416 e. The highest BCUT2D eigenvalue weighted by atomic mass is 19.4. The standard InChI is InChI=1S/C20H26F3N3O/c1-3-17(4-2)26-10-8-14(9-11-26)12-18-24-19(27-25-18)15-6-5-7-16(13-15)20(21,22)23/h5-7,13-14,17H,3-4,8-12H2,1-2H3. The molecule has 0 bridgehead atoms. The molecule has 1 aliphatic heterocycles. The van der Waals surface area contributed by atoms with Crippen LogP contribution in [0.4, 0.5) is 13.2 Å². The summed E-state index contributed by atoms with van der Waals surface area (Å²) in [7, 11) is 0. The number of rotatable bonds is 6. The van der Waals surface area contributed by atoms with Gasteiger partial charge in [-0.3, -0.25) is 0 Å². The second kappa shape index (κ2) is 8.42. The Kier molecular flexibility index (Phi) is 6.19. The van der Waals surface area contributed by atoms with Gasteiger partial charge >= 0.3 is 6.18 Å². The summed E-state index contributed by atoms with van der Waals surface area (Å²) in [6, 6.07) is 5.65. The maximum absolute atomic E-state index is 12.9. The van der Waals surface area contributed by atoms with Crippen molar-refractivity contribution < 1.29 is 17.7 Å². The Morgan fingerprint density at radius 3 is 2.52 bits per heavy atom. The number of nitrogens with zero attached hydrogens (tertiary/aromatic N) is 3. The van der Waals surface area contributed by atoms with Gasteiger partial charge in [-0.1, -0.05) is 25.1 Å². The highest BCUT2D eigenvalue weighted by molar-refractivity contribution is 5.54. The lowest BCUT2D eigenvalue weighted by atomic mass is 9.92. The van der Waals surface area contributed by atoms with Crippen molar-refractivity contribution in [3.8, 4) is 11.5 Å². The number of hydrogen-bond donors (Lipinski definition) is 0. The highest BCUT2D eigenvalue weighted by Crippen LogP contribution is 2.32. The second-order valence-corrected chi connectivity index (χ2v) is 7.25. The molecule has 2 heterocycles. The van der Waals surface area contributed by atoms with E-state index in [2.05, 4.69) is 28.9 Å². The number of piperidine rings is 1. The summed E-state index contributed by atoms with van der Waals surface area (Å²) >= 11 is 0. The first kappa shape index (κ1) is 19.9. The third kappa shape index (κ3) is 4.89. The predicted molar refractivity (Wildman–Crippen MR) is 97.1 cm³/mol. The van der Waals surface area contributed by atoms with Crippen LogP contribution >= 0.6 is 0 Å². The topological polar surface area (TPSA) is 42.2 Å². The second-order valence-electron chi connectivity index (χ2n) is 7.25. The summed E-state index contributed by atoms with van der Waals surface area (Å²) < 4.78 is 43.8. The van der Waals surface area contributed by atoms with Crippen LogP contribution in [0.25, 0.3) is 11.5 Å². The van der Waals surface area contributed by atoms with E-state index in [9.17, 15) is 13.2 Å². The maximum atomic E-state index is 12.9. The molecular weight excluding hydrogens is 355 g/mol.